The molecule has 1 atom stereocenters. The van der Waals surface area contributed by atoms with Crippen molar-refractivity contribution in [2.75, 3.05) is 5.32 Å². The maximum absolute atomic E-state index is 12.3. The van der Waals surface area contributed by atoms with Crippen LogP contribution in [0.25, 0.3) is 10.8 Å². The summed E-state index contributed by atoms with van der Waals surface area (Å²) in [6.45, 7) is 4.79. The number of carbonyl (C=O) groups excluding carboxylic acids is 1. The first-order valence-corrected chi connectivity index (χ1v) is 10.7. The Morgan fingerprint density at radius 3 is 2.50 bits per heavy atom. The lowest BCUT2D eigenvalue weighted by atomic mass is 9.96. The molecule has 4 rings (SSSR count). The first kappa shape index (κ1) is 21.6. The van der Waals surface area contributed by atoms with Crippen LogP contribution in [0.4, 0.5) is 10.5 Å². The topological polar surface area (TPSA) is 100 Å². The van der Waals surface area contributed by atoms with Gasteiger partial charge in [0.1, 0.15) is 6.23 Å². The number of rotatable bonds is 5. The van der Waals surface area contributed by atoms with Gasteiger partial charge in [-0.1, -0.05) is 54.6 Å². The molecule has 0 radical (unpaired) electrons. The zero-order valence-corrected chi connectivity index (χ0v) is 18.4. The fourth-order valence-electron chi connectivity index (χ4n) is 3.93. The molecule has 3 aromatic carbocycles. The molecule has 0 aromatic heterocycles. The van der Waals surface area contributed by atoms with Crippen molar-refractivity contribution in [2.24, 2.45) is 0 Å². The normalized spacial score (nSPS) is 17.7. The number of fused-ring (bicyclic) bond motifs is 1. The van der Waals surface area contributed by atoms with Gasteiger partial charge in [-0.3, -0.25) is 5.41 Å². The van der Waals surface area contributed by atoms with Gasteiger partial charge in [-0.05, 0) is 47.9 Å². The third-order valence-electron chi connectivity index (χ3n) is 5.63. The highest BCUT2D eigenvalue weighted by molar-refractivity contribution is 5.93. The number of aliphatic hydroxyl groups is 1. The summed E-state index contributed by atoms with van der Waals surface area (Å²) < 4.78 is 0. The Morgan fingerprint density at radius 2 is 1.78 bits per heavy atom. The van der Waals surface area contributed by atoms with Crippen molar-refractivity contribution in [1.82, 2.24) is 15.5 Å². The molecular formula is C25H29N5O2. The molecule has 1 fully saturated rings. The lowest BCUT2D eigenvalue weighted by Gasteiger charge is -2.43. The smallest absolute Gasteiger partial charge is 0.319 e. The molecule has 7 nitrogen and oxygen atoms in total. The molecule has 1 unspecified atom stereocenters. The number of carbonyl (C=O) groups is 1. The maximum atomic E-state index is 12.3. The van der Waals surface area contributed by atoms with Gasteiger partial charge in [0.05, 0.1) is 0 Å². The van der Waals surface area contributed by atoms with Gasteiger partial charge < -0.3 is 26.0 Å². The van der Waals surface area contributed by atoms with Gasteiger partial charge in [-0.25, -0.2) is 4.79 Å². The van der Waals surface area contributed by atoms with Gasteiger partial charge in [0.2, 0.25) is 0 Å². The summed E-state index contributed by atoms with van der Waals surface area (Å²) in [4.78, 5) is 13.9. The van der Waals surface area contributed by atoms with Crippen molar-refractivity contribution in [3.63, 3.8) is 0 Å². The van der Waals surface area contributed by atoms with E-state index in [0.717, 1.165) is 27.6 Å². The molecular weight excluding hydrogens is 402 g/mol. The summed E-state index contributed by atoms with van der Waals surface area (Å²) in [6, 6.07) is 21.4. The predicted octanol–water partition coefficient (Wildman–Crippen LogP) is 3.99. The molecule has 0 saturated carbocycles. The van der Waals surface area contributed by atoms with E-state index in [2.05, 4.69) is 16.0 Å². The van der Waals surface area contributed by atoms with E-state index in [1.54, 1.807) is 4.90 Å². The quantitative estimate of drug-likeness (QED) is 0.422. The molecule has 32 heavy (non-hydrogen) atoms. The summed E-state index contributed by atoms with van der Waals surface area (Å²) in [5.41, 5.74) is 2.40. The van der Waals surface area contributed by atoms with Crippen LogP contribution in [0.2, 0.25) is 0 Å². The Morgan fingerprint density at radius 1 is 1.09 bits per heavy atom. The zero-order valence-electron chi connectivity index (χ0n) is 18.4. The number of nitrogens with one attached hydrogen (secondary N) is 4. The van der Waals surface area contributed by atoms with E-state index in [9.17, 15) is 9.90 Å². The van der Waals surface area contributed by atoms with Gasteiger partial charge in [-0.15, -0.1) is 0 Å². The SMILES string of the molecule is CC1(C)CC(O)N(Cc2ccc(CNC(=O)Nc3ccc4ccccc4c3)cc2)C(=N)N1. The van der Waals surface area contributed by atoms with E-state index in [0.29, 0.717) is 19.5 Å². The Bertz CT molecular complexity index is 1130. The molecule has 1 aliphatic rings. The Labute approximate surface area is 187 Å². The van der Waals surface area contributed by atoms with Crippen LogP contribution in [0.1, 0.15) is 31.4 Å². The number of benzene rings is 3. The molecule has 3 aromatic rings. The third-order valence-corrected chi connectivity index (χ3v) is 5.63. The van der Waals surface area contributed by atoms with Gasteiger partial charge >= 0.3 is 6.03 Å². The molecule has 5 N–H and O–H groups in total. The molecule has 0 aliphatic carbocycles. The van der Waals surface area contributed by atoms with Crippen molar-refractivity contribution < 1.29 is 9.90 Å². The minimum Gasteiger partial charge on any atom is -0.373 e. The van der Waals surface area contributed by atoms with Crippen LogP contribution in [0, 0.1) is 5.41 Å². The molecule has 1 aliphatic heterocycles. The van der Waals surface area contributed by atoms with E-state index >= 15 is 0 Å². The molecule has 166 valence electrons. The highest BCUT2D eigenvalue weighted by Gasteiger charge is 2.34. The number of hydrogen-bond acceptors (Lipinski definition) is 3. The van der Waals surface area contributed by atoms with Crippen LogP contribution >= 0.6 is 0 Å². The van der Waals surface area contributed by atoms with Crippen LogP contribution in [0.5, 0.6) is 0 Å². The first-order chi connectivity index (χ1) is 15.3. The summed E-state index contributed by atoms with van der Waals surface area (Å²) in [5, 5.41) is 29.7. The van der Waals surface area contributed by atoms with Crippen LogP contribution in [-0.2, 0) is 13.1 Å². The molecule has 1 heterocycles. The average molecular weight is 432 g/mol. The summed E-state index contributed by atoms with van der Waals surface area (Å²) in [5.74, 6) is 0.227. The van der Waals surface area contributed by atoms with E-state index in [4.69, 9.17) is 5.41 Å². The molecule has 0 spiro atoms. The Hall–Kier alpha value is -3.58. The molecule has 0 bridgehead atoms. The number of anilines is 1. The second kappa shape index (κ2) is 8.88. The fourth-order valence-corrected chi connectivity index (χ4v) is 3.93. The van der Waals surface area contributed by atoms with E-state index in [1.165, 1.54) is 0 Å². The number of nitrogens with zero attached hydrogens (tertiary/aromatic N) is 1. The second-order valence-corrected chi connectivity index (χ2v) is 8.86. The molecule has 2 amide bonds. The minimum atomic E-state index is -0.695. The van der Waals surface area contributed by atoms with E-state index in [-0.39, 0.29) is 17.5 Å². The Kier molecular flexibility index (Phi) is 6.01. The number of guanidine groups is 1. The van der Waals surface area contributed by atoms with Crippen molar-refractivity contribution in [1.29, 1.82) is 5.41 Å². The van der Waals surface area contributed by atoms with Gasteiger partial charge in [0.25, 0.3) is 0 Å². The first-order valence-electron chi connectivity index (χ1n) is 10.7. The maximum Gasteiger partial charge on any atom is 0.319 e. The molecule has 1 saturated heterocycles. The number of urea groups is 1. The summed E-state index contributed by atoms with van der Waals surface area (Å²) >= 11 is 0. The van der Waals surface area contributed by atoms with Crippen molar-refractivity contribution >= 4 is 28.5 Å². The monoisotopic (exact) mass is 431 g/mol. The lowest BCUT2D eigenvalue weighted by molar-refractivity contribution is 0.00162. The van der Waals surface area contributed by atoms with Crippen molar-refractivity contribution in [2.45, 2.75) is 45.1 Å². The average Bonchev–Trinajstić information content (AvgIpc) is 2.75. The fraction of sp³-hybridized carbons (Fsp3) is 0.280. The standard InChI is InChI=1S/C25H29N5O2/c1-25(2)14-22(31)30(23(26)29-25)16-18-9-7-17(8-10-18)15-27-24(32)28-21-12-11-19-5-3-4-6-20(19)13-21/h3-13,22,31H,14-16H2,1-2H3,(H2,26,29)(H2,27,28,32). The van der Waals surface area contributed by atoms with Gasteiger partial charge in [0.15, 0.2) is 5.96 Å². The second-order valence-electron chi connectivity index (χ2n) is 8.86. The number of amides is 2. The van der Waals surface area contributed by atoms with E-state index < -0.39 is 6.23 Å². The van der Waals surface area contributed by atoms with Crippen molar-refractivity contribution in [3.05, 3.63) is 77.9 Å². The van der Waals surface area contributed by atoms with Crippen LogP contribution < -0.4 is 16.0 Å². The highest BCUT2D eigenvalue weighted by Crippen LogP contribution is 2.22. The summed E-state index contributed by atoms with van der Waals surface area (Å²) in [6.07, 6.45) is -0.150. The van der Waals surface area contributed by atoms with Crippen LogP contribution in [0.15, 0.2) is 66.7 Å². The minimum absolute atomic E-state index is 0.227. The highest BCUT2D eigenvalue weighted by atomic mass is 16.3. The largest absolute Gasteiger partial charge is 0.373 e. The zero-order chi connectivity index (χ0) is 22.7. The number of hydrogen-bond donors (Lipinski definition) is 5. The lowest BCUT2D eigenvalue weighted by Crippen LogP contribution is -2.61. The van der Waals surface area contributed by atoms with Gasteiger partial charge in [0, 0.05) is 30.7 Å². The van der Waals surface area contributed by atoms with Crippen LogP contribution in [-0.4, -0.2) is 33.8 Å². The Balaban J connectivity index is 1.29. The van der Waals surface area contributed by atoms with Gasteiger partial charge in [-0.2, -0.15) is 0 Å². The number of aliphatic hydroxyl groups excluding tert-OH is 1. The predicted molar refractivity (Wildman–Crippen MR) is 127 cm³/mol. The molecule has 7 heteroatoms. The third kappa shape index (κ3) is 5.18. The van der Waals surface area contributed by atoms with Crippen LogP contribution in [0.3, 0.4) is 0 Å². The van der Waals surface area contributed by atoms with E-state index in [1.807, 2.05) is 80.6 Å². The van der Waals surface area contributed by atoms with Crippen molar-refractivity contribution in [3.8, 4) is 0 Å². The summed E-state index contributed by atoms with van der Waals surface area (Å²) in [7, 11) is 0.